The van der Waals surface area contributed by atoms with Gasteiger partial charge in [-0.25, -0.2) is 9.97 Å². The van der Waals surface area contributed by atoms with Crippen LogP contribution in [0.5, 0.6) is 0 Å². The van der Waals surface area contributed by atoms with Gasteiger partial charge in [0.15, 0.2) is 0 Å². The largest absolute Gasteiger partial charge is 0.306 e. The SMILES string of the molecule is CN1CCC(n2cc(-c3ccc4c(Cl)ncnc4c3)cn2)CC1. The lowest BCUT2D eigenvalue weighted by molar-refractivity contribution is 0.212. The van der Waals surface area contributed by atoms with E-state index in [1.807, 2.05) is 24.4 Å². The summed E-state index contributed by atoms with van der Waals surface area (Å²) >= 11 is 6.10. The quantitative estimate of drug-likeness (QED) is 0.677. The highest BCUT2D eigenvalue weighted by Gasteiger charge is 2.19. The first-order chi connectivity index (χ1) is 11.2. The highest BCUT2D eigenvalue weighted by Crippen LogP contribution is 2.28. The predicted molar refractivity (Wildman–Crippen MR) is 91.5 cm³/mol. The number of nitrogens with zero attached hydrogens (tertiary/aromatic N) is 5. The van der Waals surface area contributed by atoms with Crippen molar-refractivity contribution in [3.63, 3.8) is 0 Å². The molecule has 0 spiro atoms. The van der Waals surface area contributed by atoms with Crippen molar-refractivity contribution >= 4 is 22.5 Å². The van der Waals surface area contributed by atoms with Crippen molar-refractivity contribution in [3.05, 3.63) is 42.1 Å². The molecule has 0 aliphatic carbocycles. The Bertz CT molecular complexity index is 836. The Labute approximate surface area is 139 Å². The number of benzene rings is 1. The van der Waals surface area contributed by atoms with Crippen molar-refractivity contribution in [3.8, 4) is 11.1 Å². The lowest BCUT2D eigenvalue weighted by atomic mass is 10.1. The van der Waals surface area contributed by atoms with Crippen molar-refractivity contribution < 1.29 is 0 Å². The number of likely N-dealkylation sites (tertiary alicyclic amines) is 1. The number of piperidine rings is 1. The second-order valence-corrected chi connectivity index (χ2v) is 6.50. The lowest BCUT2D eigenvalue weighted by Crippen LogP contribution is -2.31. The molecule has 1 fully saturated rings. The van der Waals surface area contributed by atoms with Gasteiger partial charge in [-0.3, -0.25) is 4.68 Å². The Morgan fingerprint density at radius 2 is 1.96 bits per heavy atom. The highest BCUT2D eigenvalue weighted by molar-refractivity contribution is 6.34. The summed E-state index contributed by atoms with van der Waals surface area (Å²) in [6.45, 7) is 2.26. The van der Waals surface area contributed by atoms with E-state index in [9.17, 15) is 0 Å². The van der Waals surface area contributed by atoms with Gasteiger partial charge in [-0.1, -0.05) is 17.7 Å². The predicted octanol–water partition coefficient (Wildman–Crippen LogP) is 3.41. The molecule has 4 rings (SSSR count). The molecule has 1 aromatic carbocycles. The van der Waals surface area contributed by atoms with E-state index in [-0.39, 0.29) is 0 Å². The molecule has 0 N–H and O–H groups in total. The van der Waals surface area contributed by atoms with Crippen LogP contribution in [0, 0.1) is 0 Å². The van der Waals surface area contributed by atoms with Crippen LogP contribution in [0.2, 0.25) is 5.15 Å². The minimum absolute atomic E-state index is 0.489. The van der Waals surface area contributed by atoms with E-state index in [0.29, 0.717) is 11.2 Å². The van der Waals surface area contributed by atoms with Crippen molar-refractivity contribution in [1.82, 2.24) is 24.6 Å². The van der Waals surface area contributed by atoms with Gasteiger partial charge >= 0.3 is 0 Å². The topological polar surface area (TPSA) is 46.8 Å². The number of hydrogen-bond donors (Lipinski definition) is 0. The molecular formula is C17H18ClN5. The van der Waals surface area contributed by atoms with Gasteiger partial charge in [0.25, 0.3) is 0 Å². The Balaban J connectivity index is 1.64. The highest BCUT2D eigenvalue weighted by atomic mass is 35.5. The number of hydrogen-bond acceptors (Lipinski definition) is 4. The first kappa shape index (κ1) is 14.6. The molecule has 0 unspecified atom stereocenters. The Hall–Kier alpha value is -1.98. The molecule has 2 aromatic heterocycles. The van der Waals surface area contributed by atoms with Crippen LogP contribution >= 0.6 is 11.6 Å². The van der Waals surface area contributed by atoms with Gasteiger partial charge < -0.3 is 4.90 Å². The molecule has 0 radical (unpaired) electrons. The Morgan fingerprint density at radius 1 is 1.13 bits per heavy atom. The van der Waals surface area contributed by atoms with Crippen LogP contribution in [-0.2, 0) is 0 Å². The summed E-state index contributed by atoms with van der Waals surface area (Å²) in [4.78, 5) is 10.7. The first-order valence-corrected chi connectivity index (χ1v) is 8.22. The third kappa shape index (κ3) is 2.82. The number of fused-ring (bicyclic) bond motifs is 1. The van der Waals surface area contributed by atoms with Gasteiger partial charge in [-0.05, 0) is 50.7 Å². The molecule has 1 aliphatic rings. The maximum Gasteiger partial charge on any atom is 0.140 e. The maximum atomic E-state index is 6.10. The van der Waals surface area contributed by atoms with Gasteiger partial charge in [-0.15, -0.1) is 0 Å². The zero-order chi connectivity index (χ0) is 15.8. The van der Waals surface area contributed by atoms with Gasteiger partial charge in [0, 0.05) is 17.1 Å². The molecule has 1 aliphatic heterocycles. The standard InChI is InChI=1S/C17H18ClN5/c1-22-6-4-14(5-7-22)23-10-13(9-21-23)12-2-3-15-16(8-12)19-11-20-17(15)18/h2-3,8-11,14H,4-7H2,1H3. The molecule has 5 nitrogen and oxygen atoms in total. The van der Waals surface area contributed by atoms with Gasteiger partial charge in [-0.2, -0.15) is 5.10 Å². The normalized spacial score (nSPS) is 17.0. The summed E-state index contributed by atoms with van der Waals surface area (Å²) in [6, 6.07) is 6.56. The lowest BCUT2D eigenvalue weighted by Gasteiger charge is -2.28. The first-order valence-electron chi connectivity index (χ1n) is 7.84. The molecule has 0 saturated carbocycles. The van der Waals surface area contributed by atoms with Crippen molar-refractivity contribution in [1.29, 1.82) is 0 Å². The number of rotatable bonds is 2. The third-order valence-corrected chi connectivity index (χ3v) is 4.89. The van der Waals surface area contributed by atoms with Crippen LogP contribution in [0.3, 0.4) is 0 Å². The van der Waals surface area contributed by atoms with Crippen LogP contribution < -0.4 is 0 Å². The smallest absolute Gasteiger partial charge is 0.140 e. The summed E-state index contributed by atoms with van der Waals surface area (Å²) in [6.07, 6.45) is 7.87. The Morgan fingerprint density at radius 3 is 2.78 bits per heavy atom. The maximum absolute atomic E-state index is 6.10. The third-order valence-electron chi connectivity index (χ3n) is 4.58. The van der Waals surface area contributed by atoms with E-state index >= 15 is 0 Å². The molecule has 118 valence electrons. The molecular weight excluding hydrogens is 310 g/mol. The average Bonchev–Trinajstić information content (AvgIpc) is 3.05. The van der Waals surface area contributed by atoms with Crippen LogP contribution in [-0.4, -0.2) is 44.8 Å². The fraction of sp³-hybridized carbons (Fsp3) is 0.353. The van der Waals surface area contributed by atoms with Crippen LogP contribution in [0.4, 0.5) is 0 Å². The van der Waals surface area contributed by atoms with E-state index in [1.54, 1.807) is 0 Å². The summed E-state index contributed by atoms with van der Waals surface area (Å²) in [5, 5.41) is 5.94. The molecule has 6 heteroatoms. The van der Waals surface area contributed by atoms with E-state index < -0.39 is 0 Å². The molecule has 0 atom stereocenters. The molecule has 0 bridgehead atoms. The van der Waals surface area contributed by atoms with E-state index in [4.69, 9.17) is 11.6 Å². The van der Waals surface area contributed by atoms with Crippen molar-refractivity contribution in [2.45, 2.75) is 18.9 Å². The van der Waals surface area contributed by atoms with Gasteiger partial charge in [0.1, 0.15) is 11.5 Å². The van der Waals surface area contributed by atoms with Gasteiger partial charge in [0.05, 0.1) is 17.8 Å². The molecule has 3 heterocycles. The summed E-state index contributed by atoms with van der Waals surface area (Å²) in [7, 11) is 2.17. The average molecular weight is 328 g/mol. The summed E-state index contributed by atoms with van der Waals surface area (Å²) < 4.78 is 2.11. The van der Waals surface area contributed by atoms with Crippen LogP contribution in [0.1, 0.15) is 18.9 Å². The zero-order valence-corrected chi connectivity index (χ0v) is 13.7. The summed E-state index contributed by atoms with van der Waals surface area (Å²) in [5.41, 5.74) is 3.07. The minimum atomic E-state index is 0.489. The Kier molecular flexibility index (Phi) is 3.75. The van der Waals surface area contributed by atoms with Crippen LogP contribution in [0.25, 0.3) is 22.0 Å². The van der Waals surface area contributed by atoms with Crippen molar-refractivity contribution in [2.24, 2.45) is 0 Å². The second kappa shape index (κ2) is 5.91. The van der Waals surface area contributed by atoms with Gasteiger partial charge in [0.2, 0.25) is 0 Å². The minimum Gasteiger partial charge on any atom is -0.306 e. The monoisotopic (exact) mass is 327 g/mol. The molecule has 3 aromatic rings. The fourth-order valence-electron chi connectivity index (χ4n) is 3.15. The molecule has 0 amide bonds. The fourth-order valence-corrected chi connectivity index (χ4v) is 3.35. The second-order valence-electron chi connectivity index (χ2n) is 6.14. The van der Waals surface area contributed by atoms with E-state index in [1.165, 1.54) is 6.33 Å². The van der Waals surface area contributed by atoms with Crippen molar-refractivity contribution in [2.75, 3.05) is 20.1 Å². The molecule has 23 heavy (non-hydrogen) atoms. The van der Waals surface area contributed by atoms with E-state index in [0.717, 1.165) is 48.0 Å². The molecule has 1 saturated heterocycles. The van der Waals surface area contributed by atoms with E-state index in [2.05, 4.69) is 37.9 Å². The summed E-state index contributed by atoms with van der Waals surface area (Å²) in [5.74, 6) is 0. The zero-order valence-electron chi connectivity index (χ0n) is 13.0. The number of halogens is 1. The van der Waals surface area contributed by atoms with Crippen LogP contribution in [0.15, 0.2) is 36.9 Å². The number of aromatic nitrogens is 4.